The van der Waals surface area contributed by atoms with Crippen molar-refractivity contribution in [1.29, 1.82) is 0 Å². The van der Waals surface area contributed by atoms with Gasteiger partial charge in [0.15, 0.2) is 0 Å². The lowest BCUT2D eigenvalue weighted by Crippen LogP contribution is -2.34. The molecule has 0 radical (unpaired) electrons. The van der Waals surface area contributed by atoms with Crippen LogP contribution >= 0.6 is 0 Å². The highest BCUT2D eigenvalue weighted by atomic mass is 16.1. The minimum atomic E-state index is -0.0844. The van der Waals surface area contributed by atoms with Crippen LogP contribution in [0, 0.1) is 5.41 Å². The van der Waals surface area contributed by atoms with Crippen molar-refractivity contribution in [3.63, 3.8) is 0 Å². The molecule has 3 N–H and O–H groups in total. The van der Waals surface area contributed by atoms with Crippen molar-refractivity contribution in [2.45, 2.75) is 46.2 Å². The Morgan fingerprint density at radius 2 is 2.22 bits per heavy atom. The van der Waals surface area contributed by atoms with Crippen molar-refractivity contribution in [2.75, 3.05) is 0 Å². The van der Waals surface area contributed by atoms with Gasteiger partial charge in [0.05, 0.1) is 0 Å². The van der Waals surface area contributed by atoms with E-state index < -0.39 is 0 Å². The summed E-state index contributed by atoms with van der Waals surface area (Å²) in [5.74, 6) is -0.00407. The van der Waals surface area contributed by atoms with Crippen LogP contribution in [-0.2, 0) is 11.3 Å². The molecule has 0 aliphatic heterocycles. The maximum atomic E-state index is 11.7. The molecular formula is C14H23N3O. The zero-order valence-electron chi connectivity index (χ0n) is 11.4. The van der Waals surface area contributed by atoms with Crippen LogP contribution in [0.2, 0.25) is 0 Å². The summed E-state index contributed by atoms with van der Waals surface area (Å²) < 4.78 is 0. The first-order valence-electron chi connectivity index (χ1n) is 6.28. The Kier molecular flexibility index (Phi) is 5.28. The van der Waals surface area contributed by atoms with Crippen molar-refractivity contribution >= 4 is 5.91 Å². The van der Waals surface area contributed by atoms with E-state index in [1.165, 1.54) is 0 Å². The van der Waals surface area contributed by atoms with Crippen LogP contribution in [0.1, 0.15) is 39.2 Å². The molecule has 1 aromatic rings. The lowest BCUT2D eigenvalue weighted by atomic mass is 9.87. The van der Waals surface area contributed by atoms with Crippen molar-refractivity contribution in [1.82, 2.24) is 10.3 Å². The van der Waals surface area contributed by atoms with E-state index in [2.05, 4.69) is 31.1 Å². The first-order valence-corrected chi connectivity index (χ1v) is 6.28. The Morgan fingerprint density at radius 1 is 1.50 bits per heavy atom. The van der Waals surface area contributed by atoms with Crippen LogP contribution in [0.15, 0.2) is 24.5 Å². The van der Waals surface area contributed by atoms with Crippen molar-refractivity contribution in [2.24, 2.45) is 11.1 Å². The predicted molar refractivity (Wildman–Crippen MR) is 72.7 cm³/mol. The van der Waals surface area contributed by atoms with E-state index in [9.17, 15) is 4.79 Å². The molecule has 100 valence electrons. The number of nitrogens with zero attached hydrogens (tertiary/aromatic N) is 1. The van der Waals surface area contributed by atoms with E-state index >= 15 is 0 Å². The molecule has 0 spiro atoms. The molecule has 18 heavy (non-hydrogen) atoms. The standard InChI is InChI=1S/C14H23N3O/c1-14(2,3)8-12(15)7-13(18)17-10-11-5-4-6-16-9-11/h4-6,9,12H,7-8,10,15H2,1-3H3,(H,17,18). The average molecular weight is 249 g/mol. The highest BCUT2D eigenvalue weighted by Crippen LogP contribution is 2.20. The molecule has 0 aliphatic carbocycles. The molecule has 0 fully saturated rings. The summed E-state index contributed by atoms with van der Waals surface area (Å²) >= 11 is 0. The minimum absolute atomic E-state index is 0.00407. The van der Waals surface area contributed by atoms with Gasteiger partial charge in [0.1, 0.15) is 0 Å². The van der Waals surface area contributed by atoms with Gasteiger partial charge in [0.25, 0.3) is 0 Å². The third kappa shape index (κ3) is 6.35. The number of carbonyl (C=O) groups is 1. The zero-order chi connectivity index (χ0) is 13.6. The Balaban J connectivity index is 2.30. The second-order valence-electron chi connectivity index (χ2n) is 5.87. The number of rotatable bonds is 5. The van der Waals surface area contributed by atoms with Gasteiger partial charge in [-0.25, -0.2) is 0 Å². The molecule has 1 unspecified atom stereocenters. The summed E-state index contributed by atoms with van der Waals surface area (Å²) in [5.41, 5.74) is 7.11. The fraction of sp³-hybridized carbons (Fsp3) is 0.571. The number of nitrogens with two attached hydrogens (primary N) is 1. The Labute approximate surface area is 109 Å². The van der Waals surface area contributed by atoms with Crippen LogP contribution < -0.4 is 11.1 Å². The van der Waals surface area contributed by atoms with Gasteiger partial charge in [-0.2, -0.15) is 0 Å². The highest BCUT2D eigenvalue weighted by Gasteiger charge is 2.17. The van der Waals surface area contributed by atoms with E-state index in [0.717, 1.165) is 12.0 Å². The summed E-state index contributed by atoms with van der Waals surface area (Å²) in [5, 5.41) is 2.86. The van der Waals surface area contributed by atoms with Gasteiger partial charge in [-0.15, -0.1) is 0 Å². The molecule has 1 rings (SSSR count). The van der Waals surface area contributed by atoms with Crippen LogP contribution in [0.25, 0.3) is 0 Å². The van der Waals surface area contributed by atoms with Crippen molar-refractivity contribution < 1.29 is 4.79 Å². The average Bonchev–Trinajstić information content (AvgIpc) is 2.25. The minimum Gasteiger partial charge on any atom is -0.352 e. The quantitative estimate of drug-likeness (QED) is 0.837. The topological polar surface area (TPSA) is 68.0 Å². The molecular weight excluding hydrogens is 226 g/mol. The normalized spacial score (nSPS) is 13.1. The number of amides is 1. The van der Waals surface area contributed by atoms with Gasteiger partial charge in [0.2, 0.25) is 5.91 Å². The number of hydrogen-bond donors (Lipinski definition) is 2. The van der Waals surface area contributed by atoms with E-state index in [0.29, 0.717) is 13.0 Å². The monoisotopic (exact) mass is 249 g/mol. The van der Waals surface area contributed by atoms with Gasteiger partial charge in [0, 0.05) is 31.4 Å². The van der Waals surface area contributed by atoms with Crippen molar-refractivity contribution in [3.8, 4) is 0 Å². The third-order valence-corrected chi connectivity index (χ3v) is 2.53. The van der Waals surface area contributed by atoms with E-state index in [-0.39, 0.29) is 17.4 Å². The third-order valence-electron chi connectivity index (χ3n) is 2.53. The number of aromatic nitrogens is 1. The fourth-order valence-electron chi connectivity index (χ4n) is 1.87. The maximum absolute atomic E-state index is 11.7. The molecule has 1 aromatic heterocycles. The van der Waals surface area contributed by atoms with E-state index in [1.807, 2.05) is 12.1 Å². The van der Waals surface area contributed by atoms with Gasteiger partial charge in [-0.1, -0.05) is 26.8 Å². The molecule has 0 aromatic carbocycles. The number of pyridine rings is 1. The number of carbonyl (C=O) groups excluding carboxylic acids is 1. The maximum Gasteiger partial charge on any atom is 0.221 e. The van der Waals surface area contributed by atoms with E-state index in [4.69, 9.17) is 5.73 Å². The molecule has 0 aliphatic rings. The SMILES string of the molecule is CC(C)(C)CC(N)CC(=O)NCc1cccnc1. The number of hydrogen-bond acceptors (Lipinski definition) is 3. The largest absolute Gasteiger partial charge is 0.352 e. The fourth-order valence-corrected chi connectivity index (χ4v) is 1.87. The molecule has 0 saturated carbocycles. The van der Waals surface area contributed by atoms with E-state index in [1.54, 1.807) is 12.4 Å². The first kappa shape index (κ1) is 14.6. The second-order valence-corrected chi connectivity index (χ2v) is 5.87. The Hall–Kier alpha value is -1.42. The molecule has 4 heteroatoms. The molecule has 0 bridgehead atoms. The molecule has 4 nitrogen and oxygen atoms in total. The molecule has 1 amide bonds. The number of nitrogens with one attached hydrogen (secondary N) is 1. The summed E-state index contributed by atoms with van der Waals surface area (Å²) in [6.45, 7) is 6.89. The summed E-state index contributed by atoms with van der Waals surface area (Å²) in [7, 11) is 0. The van der Waals surface area contributed by atoms with Crippen molar-refractivity contribution in [3.05, 3.63) is 30.1 Å². The van der Waals surface area contributed by atoms with Crippen LogP contribution in [0.4, 0.5) is 0 Å². The molecule has 1 heterocycles. The summed E-state index contributed by atoms with van der Waals surface area (Å²) in [4.78, 5) is 15.7. The highest BCUT2D eigenvalue weighted by molar-refractivity contribution is 5.76. The predicted octanol–water partition coefficient (Wildman–Crippen LogP) is 1.85. The van der Waals surface area contributed by atoms with Gasteiger partial charge >= 0.3 is 0 Å². The van der Waals surface area contributed by atoms with Crippen LogP contribution in [0.3, 0.4) is 0 Å². The lowest BCUT2D eigenvalue weighted by molar-refractivity contribution is -0.121. The first-order chi connectivity index (χ1) is 8.37. The Morgan fingerprint density at radius 3 is 2.78 bits per heavy atom. The summed E-state index contributed by atoms with van der Waals surface area (Å²) in [6, 6.07) is 3.70. The molecule has 1 atom stereocenters. The van der Waals surface area contributed by atoms with Crippen LogP contribution in [-0.4, -0.2) is 16.9 Å². The van der Waals surface area contributed by atoms with Gasteiger partial charge < -0.3 is 11.1 Å². The van der Waals surface area contributed by atoms with Crippen LogP contribution in [0.5, 0.6) is 0 Å². The van der Waals surface area contributed by atoms with Gasteiger partial charge in [-0.05, 0) is 23.5 Å². The zero-order valence-corrected chi connectivity index (χ0v) is 11.4. The second kappa shape index (κ2) is 6.50. The molecule has 0 saturated heterocycles. The summed E-state index contributed by atoms with van der Waals surface area (Å²) in [6.07, 6.45) is 4.67. The van der Waals surface area contributed by atoms with Gasteiger partial charge in [-0.3, -0.25) is 9.78 Å². The smallest absolute Gasteiger partial charge is 0.221 e. The lowest BCUT2D eigenvalue weighted by Gasteiger charge is -2.22. The Bertz CT molecular complexity index is 370.